The minimum absolute atomic E-state index is 0.0209. The van der Waals surface area contributed by atoms with E-state index in [4.69, 9.17) is 11.3 Å². The Morgan fingerprint density at radius 1 is 1.50 bits per heavy atom. The molecule has 7 heteroatoms. The van der Waals surface area contributed by atoms with Gasteiger partial charge in [-0.25, -0.2) is 0 Å². The number of hydrogen-bond acceptors (Lipinski definition) is 4. The third kappa shape index (κ3) is 7.78. The summed E-state index contributed by atoms with van der Waals surface area (Å²) in [4.78, 5) is 24.2. The van der Waals surface area contributed by atoms with Crippen LogP contribution in [0.1, 0.15) is 26.2 Å². The van der Waals surface area contributed by atoms with Crippen molar-refractivity contribution >= 4 is 11.7 Å². The highest BCUT2D eigenvalue weighted by atomic mass is 16.2. The molecule has 0 aliphatic rings. The van der Waals surface area contributed by atoms with Crippen LogP contribution >= 0.6 is 0 Å². The Balaban J connectivity index is 3.43. The van der Waals surface area contributed by atoms with Crippen LogP contribution in [-0.2, 0) is 9.59 Å². The zero-order valence-corrected chi connectivity index (χ0v) is 9.35. The fourth-order valence-electron chi connectivity index (χ4n) is 1.07. The molecule has 0 aromatic heterocycles. The third-order valence-electron chi connectivity index (χ3n) is 2.06. The van der Waals surface area contributed by atoms with Crippen LogP contribution in [0.3, 0.4) is 0 Å². The number of carbonyl (C=O) groups is 2. The van der Waals surface area contributed by atoms with Gasteiger partial charge < -0.3 is 11.1 Å². The lowest BCUT2D eigenvalue weighted by molar-refractivity contribution is -0.120. The molecule has 0 heterocycles. The summed E-state index contributed by atoms with van der Waals surface area (Å²) in [6, 6.07) is -0.404. The minimum Gasteiger partial charge on any atom is -0.356 e. The predicted octanol–water partition coefficient (Wildman–Crippen LogP) is 0.499. The molecule has 90 valence electrons. The average Bonchev–Trinajstić information content (AvgIpc) is 2.25. The first-order chi connectivity index (χ1) is 7.57. The summed E-state index contributed by atoms with van der Waals surface area (Å²) < 4.78 is 0. The molecule has 7 nitrogen and oxygen atoms in total. The summed E-state index contributed by atoms with van der Waals surface area (Å²) in [5, 5.41) is 5.72. The summed E-state index contributed by atoms with van der Waals surface area (Å²) in [6.07, 6.45) is 2.16. The van der Waals surface area contributed by atoms with Crippen molar-refractivity contribution < 1.29 is 9.59 Å². The van der Waals surface area contributed by atoms with Gasteiger partial charge in [0.2, 0.25) is 5.91 Å². The Bertz CT molecular complexity index is 286. The second kappa shape index (κ2) is 8.70. The molecule has 0 rings (SSSR count). The zero-order valence-electron chi connectivity index (χ0n) is 9.35. The van der Waals surface area contributed by atoms with E-state index in [9.17, 15) is 9.59 Å². The van der Waals surface area contributed by atoms with Crippen LogP contribution in [-0.4, -0.2) is 30.8 Å². The van der Waals surface area contributed by atoms with Crippen molar-refractivity contribution in [3.05, 3.63) is 10.4 Å². The molecule has 1 atom stereocenters. The van der Waals surface area contributed by atoms with Crippen molar-refractivity contribution in [1.82, 2.24) is 5.32 Å². The second-order valence-corrected chi connectivity index (χ2v) is 3.45. The van der Waals surface area contributed by atoms with Gasteiger partial charge in [-0.15, -0.1) is 0 Å². The van der Waals surface area contributed by atoms with Crippen LogP contribution in [0.2, 0.25) is 0 Å². The monoisotopic (exact) mass is 227 g/mol. The van der Waals surface area contributed by atoms with Crippen molar-refractivity contribution in [2.45, 2.75) is 32.2 Å². The maximum absolute atomic E-state index is 11.0. The number of unbranched alkanes of at least 4 members (excludes halogenated alkanes) is 1. The number of rotatable bonds is 8. The third-order valence-corrected chi connectivity index (χ3v) is 2.06. The lowest BCUT2D eigenvalue weighted by Gasteiger charge is -2.07. The van der Waals surface area contributed by atoms with Crippen molar-refractivity contribution in [3.63, 3.8) is 0 Å². The van der Waals surface area contributed by atoms with E-state index in [-0.39, 0.29) is 18.2 Å². The van der Waals surface area contributed by atoms with Gasteiger partial charge in [0, 0.05) is 11.5 Å². The number of nitrogens with two attached hydrogens (primary N) is 1. The van der Waals surface area contributed by atoms with Crippen LogP contribution in [0.4, 0.5) is 0 Å². The van der Waals surface area contributed by atoms with Crippen molar-refractivity contribution in [1.29, 1.82) is 0 Å². The number of ketones is 1. The SMILES string of the molecule is CC(=O)C(N)CCCCNC(=O)CN=[N+]=[N-]. The molecular formula is C9H17N5O2. The lowest BCUT2D eigenvalue weighted by atomic mass is 10.1. The van der Waals surface area contributed by atoms with Crippen molar-refractivity contribution in [3.8, 4) is 0 Å². The predicted molar refractivity (Wildman–Crippen MR) is 59.5 cm³/mol. The van der Waals surface area contributed by atoms with Gasteiger partial charge in [-0.1, -0.05) is 5.11 Å². The van der Waals surface area contributed by atoms with Crippen LogP contribution in [0.15, 0.2) is 5.11 Å². The molecule has 3 N–H and O–H groups in total. The average molecular weight is 227 g/mol. The molecule has 0 fully saturated rings. The normalized spacial score (nSPS) is 11.4. The number of amides is 1. The molecular weight excluding hydrogens is 210 g/mol. The number of Topliss-reactive ketones (excluding diaryl/α,β-unsaturated/α-hetero) is 1. The molecule has 1 amide bonds. The van der Waals surface area contributed by atoms with E-state index >= 15 is 0 Å². The van der Waals surface area contributed by atoms with Gasteiger partial charge in [0.15, 0.2) is 0 Å². The van der Waals surface area contributed by atoms with Gasteiger partial charge >= 0.3 is 0 Å². The Morgan fingerprint density at radius 2 is 2.19 bits per heavy atom. The Hall–Kier alpha value is -1.59. The zero-order chi connectivity index (χ0) is 12.4. The molecule has 0 bridgehead atoms. The highest BCUT2D eigenvalue weighted by Gasteiger charge is 2.06. The number of nitrogens with zero attached hydrogens (tertiary/aromatic N) is 3. The first kappa shape index (κ1) is 14.4. The molecule has 0 spiro atoms. The van der Waals surface area contributed by atoms with Crippen LogP contribution in [0, 0.1) is 0 Å². The summed E-state index contributed by atoms with van der Waals surface area (Å²) in [5.41, 5.74) is 13.5. The topological polar surface area (TPSA) is 121 Å². The summed E-state index contributed by atoms with van der Waals surface area (Å²) in [7, 11) is 0. The smallest absolute Gasteiger partial charge is 0.225 e. The van der Waals surface area contributed by atoms with Crippen LogP contribution in [0.25, 0.3) is 10.4 Å². The van der Waals surface area contributed by atoms with Gasteiger partial charge in [0.25, 0.3) is 0 Å². The van der Waals surface area contributed by atoms with E-state index in [0.29, 0.717) is 13.0 Å². The highest BCUT2D eigenvalue weighted by molar-refractivity contribution is 5.81. The van der Waals surface area contributed by atoms with E-state index < -0.39 is 6.04 Å². The molecule has 1 unspecified atom stereocenters. The van der Waals surface area contributed by atoms with Crippen LogP contribution in [0.5, 0.6) is 0 Å². The highest BCUT2D eigenvalue weighted by Crippen LogP contribution is 1.98. The van der Waals surface area contributed by atoms with Crippen molar-refractivity contribution in [2.75, 3.05) is 13.1 Å². The Morgan fingerprint density at radius 3 is 2.75 bits per heavy atom. The summed E-state index contributed by atoms with van der Waals surface area (Å²) in [6.45, 7) is 1.79. The van der Waals surface area contributed by atoms with E-state index in [1.807, 2.05) is 0 Å². The molecule has 0 aliphatic heterocycles. The maximum atomic E-state index is 11.0. The molecule has 0 saturated carbocycles. The van der Waals surface area contributed by atoms with E-state index in [0.717, 1.165) is 12.8 Å². The standard InChI is InChI=1S/C9H17N5O2/c1-7(15)8(10)4-2-3-5-12-9(16)6-13-14-11/h8H,2-6,10H2,1H3,(H,12,16). The number of azide groups is 1. The van der Waals surface area contributed by atoms with E-state index in [1.54, 1.807) is 0 Å². The fraction of sp³-hybridized carbons (Fsp3) is 0.778. The summed E-state index contributed by atoms with van der Waals surface area (Å²) >= 11 is 0. The maximum Gasteiger partial charge on any atom is 0.225 e. The van der Waals surface area contributed by atoms with Gasteiger partial charge in [-0.3, -0.25) is 9.59 Å². The minimum atomic E-state index is -0.404. The first-order valence-electron chi connectivity index (χ1n) is 5.11. The quantitative estimate of drug-likeness (QED) is 0.272. The largest absolute Gasteiger partial charge is 0.356 e. The molecule has 16 heavy (non-hydrogen) atoms. The molecule has 0 saturated heterocycles. The molecule has 0 aromatic rings. The van der Waals surface area contributed by atoms with Gasteiger partial charge in [0.05, 0.1) is 6.04 Å². The molecule has 0 radical (unpaired) electrons. The van der Waals surface area contributed by atoms with Crippen LogP contribution < -0.4 is 11.1 Å². The second-order valence-electron chi connectivity index (χ2n) is 3.45. The lowest BCUT2D eigenvalue weighted by Crippen LogP contribution is -2.29. The Labute approximate surface area is 94.0 Å². The van der Waals surface area contributed by atoms with E-state index in [2.05, 4.69) is 15.3 Å². The van der Waals surface area contributed by atoms with E-state index in [1.165, 1.54) is 6.92 Å². The number of nitrogens with one attached hydrogen (secondary N) is 1. The molecule has 0 aliphatic carbocycles. The summed E-state index contributed by atoms with van der Waals surface area (Å²) in [5.74, 6) is -0.318. The fourth-order valence-corrected chi connectivity index (χ4v) is 1.07. The molecule has 0 aromatic carbocycles. The Kier molecular flexibility index (Phi) is 7.83. The van der Waals surface area contributed by atoms with Crippen molar-refractivity contribution in [2.24, 2.45) is 10.8 Å². The number of hydrogen-bond donors (Lipinski definition) is 2. The first-order valence-corrected chi connectivity index (χ1v) is 5.11. The van der Waals surface area contributed by atoms with Gasteiger partial charge in [0.1, 0.15) is 12.3 Å². The van der Waals surface area contributed by atoms with Gasteiger partial charge in [-0.05, 0) is 31.7 Å². The van der Waals surface area contributed by atoms with Gasteiger partial charge in [-0.2, -0.15) is 0 Å². The number of carbonyl (C=O) groups excluding carboxylic acids is 2.